The van der Waals surface area contributed by atoms with Gasteiger partial charge in [-0.1, -0.05) is 36.8 Å². The Labute approximate surface area is 155 Å². The van der Waals surface area contributed by atoms with Gasteiger partial charge < -0.3 is 10.1 Å². The van der Waals surface area contributed by atoms with Crippen LogP contribution in [0.25, 0.3) is 0 Å². The minimum Gasteiger partial charge on any atom is -0.470 e. The summed E-state index contributed by atoms with van der Waals surface area (Å²) in [6, 6.07) is 17.1. The normalized spacial score (nSPS) is 21.5. The van der Waals surface area contributed by atoms with E-state index >= 15 is 0 Å². The van der Waals surface area contributed by atoms with Gasteiger partial charge in [0.05, 0.1) is 11.4 Å². The van der Waals surface area contributed by atoms with Crippen molar-refractivity contribution < 1.29 is 13.2 Å². The van der Waals surface area contributed by atoms with Crippen molar-refractivity contribution in [3.8, 4) is 5.75 Å². The topological polar surface area (TPSA) is 58.6 Å². The summed E-state index contributed by atoms with van der Waals surface area (Å²) in [6.45, 7) is 0.826. The van der Waals surface area contributed by atoms with Gasteiger partial charge in [0.1, 0.15) is 5.75 Å². The molecular formula is C20H24N2O3S. The smallest absolute Gasteiger partial charge is 0.277 e. The van der Waals surface area contributed by atoms with Crippen LogP contribution in [0.4, 0.5) is 11.4 Å². The van der Waals surface area contributed by atoms with Crippen molar-refractivity contribution in [2.75, 3.05) is 10.8 Å². The van der Waals surface area contributed by atoms with Gasteiger partial charge in [-0.3, -0.25) is 0 Å². The van der Waals surface area contributed by atoms with Gasteiger partial charge in [-0.15, -0.1) is 0 Å². The van der Waals surface area contributed by atoms with Crippen LogP contribution in [-0.2, 0) is 10.0 Å². The van der Waals surface area contributed by atoms with Crippen LogP contribution in [0.15, 0.2) is 54.6 Å². The highest BCUT2D eigenvalue weighted by Crippen LogP contribution is 2.42. The Hall–Kier alpha value is -2.05. The first-order chi connectivity index (χ1) is 12.7. The molecule has 0 amide bonds. The molecule has 2 aromatic carbocycles. The molecule has 1 atom stereocenters. The van der Waals surface area contributed by atoms with Crippen molar-refractivity contribution in [2.24, 2.45) is 0 Å². The number of hydrogen-bond acceptors (Lipinski definition) is 4. The summed E-state index contributed by atoms with van der Waals surface area (Å²) in [5.41, 5.74) is 0.351. The number of nitrogens with one attached hydrogen (secondary N) is 1. The highest BCUT2D eigenvalue weighted by Gasteiger charge is 2.40. The van der Waals surface area contributed by atoms with E-state index in [1.54, 1.807) is 6.07 Å². The first-order valence-corrected chi connectivity index (χ1v) is 10.7. The van der Waals surface area contributed by atoms with E-state index in [4.69, 9.17) is 4.74 Å². The molecule has 6 heteroatoms. The van der Waals surface area contributed by atoms with E-state index in [9.17, 15) is 8.42 Å². The van der Waals surface area contributed by atoms with Crippen LogP contribution in [-0.4, -0.2) is 26.4 Å². The maximum Gasteiger partial charge on any atom is 0.277 e. The molecule has 0 spiro atoms. The quantitative estimate of drug-likeness (QED) is 0.784. The van der Waals surface area contributed by atoms with Crippen molar-refractivity contribution in [1.29, 1.82) is 0 Å². The van der Waals surface area contributed by atoms with Gasteiger partial charge >= 0.3 is 0 Å². The van der Waals surface area contributed by atoms with Gasteiger partial charge in [0.2, 0.25) is 5.44 Å². The molecule has 4 rings (SSSR count). The number of rotatable bonds is 6. The highest BCUT2D eigenvalue weighted by molar-refractivity contribution is 7.93. The summed E-state index contributed by atoms with van der Waals surface area (Å²) in [4.78, 5) is 0. The number of sulfonamides is 1. The van der Waals surface area contributed by atoms with Gasteiger partial charge in [-0.2, -0.15) is 0 Å². The lowest BCUT2D eigenvalue weighted by Gasteiger charge is -2.35. The molecule has 0 radical (unpaired) electrons. The second-order valence-electron chi connectivity index (χ2n) is 6.88. The Balaban J connectivity index is 1.56. The first-order valence-electron chi connectivity index (χ1n) is 9.24. The molecule has 1 unspecified atom stereocenters. The molecule has 5 nitrogen and oxygen atoms in total. The monoisotopic (exact) mass is 372 g/mol. The largest absolute Gasteiger partial charge is 0.470 e. The van der Waals surface area contributed by atoms with Crippen LogP contribution in [0.2, 0.25) is 0 Å². The van der Waals surface area contributed by atoms with Crippen molar-refractivity contribution in [1.82, 2.24) is 5.32 Å². The zero-order valence-corrected chi connectivity index (χ0v) is 15.5. The standard InChI is InChI=1S/C20H24N2O3S/c23-26(24)20(14-7-15-21-16-8-6-9-16)25-19-13-5-4-12-18(19)22(26)17-10-2-1-3-11-17/h1-5,10-13,16,20-21H,6-9,14-15H2. The third-order valence-corrected chi connectivity index (χ3v) is 6.99. The average Bonchev–Trinajstić information content (AvgIpc) is 2.60. The van der Waals surface area contributed by atoms with E-state index in [2.05, 4.69) is 5.32 Å². The number of hydrogen-bond donors (Lipinski definition) is 1. The lowest BCUT2D eigenvalue weighted by atomic mass is 9.93. The van der Waals surface area contributed by atoms with E-state index in [-0.39, 0.29) is 0 Å². The molecule has 0 bridgehead atoms. The maximum absolute atomic E-state index is 13.3. The van der Waals surface area contributed by atoms with Gasteiger partial charge in [-0.25, -0.2) is 12.7 Å². The maximum atomic E-state index is 13.3. The SMILES string of the molecule is O=S1(=O)C(CCCNC2CCC2)Oc2ccccc2N1c1ccccc1. The Morgan fingerprint density at radius 2 is 1.77 bits per heavy atom. The van der Waals surface area contributed by atoms with Gasteiger partial charge in [0.15, 0.2) is 0 Å². The fraction of sp³-hybridized carbons (Fsp3) is 0.400. The molecule has 1 saturated carbocycles. The molecule has 138 valence electrons. The fourth-order valence-electron chi connectivity index (χ4n) is 3.43. The number of ether oxygens (including phenoxy) is 1. The van der Waals surface area contributed by atoms with Gasteiger partial charge in [0.25, 0.3) is 10.0 Å². The highest BCUT2D eigenvalue weighted by atomic mass is 32.2. The minimum atomic E-state index is -3.64. The molecule has 0 aromatic heterocycles. The molecule has 1 aliphatic heterocycles. The average molecular weight is 372 g/mol. The summed E-state index contributed by atoms with van der Waals surface area (Å²) in [7, 11) is -3.64. The lowest BCUT2D eigenvalue weighted by Crippen LogP contribution is -2.43. The predicted molar refractivity (Wildman–Crippen MR) is 103 cm³/mol. The van der Waals surface area contributed by atoms with Crippen LogP contribution in [0.1, 0.15) is 32.1 Å². The fourth-order valence-corrected chi connectivity index (χ4v) is 5.19. The van der Waals surface area contributed by atoms with Crippen LogP contribution in [0.3, 0.4) is 0 Å². The number of para-hydroxylation sites is 3. The molecular weight excluding hydrogens is 348 g/mol. The number of nitrogens with zero attached hydrogens (tertiary/aromatic N) is 1. The minimum absolute atomic E-state index is 0.472. The summed E-state index contributed by atoms with van der Waals surface area (Å²) in [5.74, 6) is 0.614. The van der Waals surface area contributed by atoms with E-state index in [1.165, 1.54) is 23.6 Å². The van der Waals surface area contributed by atoms with E-state index < -0.39 is 15.5 Å². The summed E-state index contributed by atoms with van der Waals surface area (Å²) < 4.78 is 33.8. The number of anilines is 2. The molecule has 2 aromatic rings. The zero-order valence-electron chi connectivity index (χ0n) is 14.7. The Morgan fingerprint density at radius 3 is 2.50 bits per heavy atom. The van der Waals surface area contributed by atoms with Crippen molar-refractivity contribution in [3.63, 3.8) is 0 Å². The Bertz CT molecular complexity index is 850. The van der Waals surface area contributed by atoms with E-state index in [1.807, 2.05) is 48.5 Å². The second-order valence-corrected chi connectivity index (χ2v) is 8.81. The van der Waals surface area contributed by atoms with Crippen LogP contribution in [0.5, 0.6) is 5.75 Å². The Morgan fingerprint density at radius 1 is 1.04 bits per heavy atom. The van der Waals surface area contributed by atoms with Crippen LogP contribution < -0.4 is 14.4 Å². The zero-order chi connectivity index (χ0) is 18.0. The van der Waals surface area contributed by atoms with Crippen molar-refractivity contribution in [3.05, 3.63) is 54.6 Å². The molecule has 1 heterocycles. The van der Waals surface area contributed by atoms with Crippen LogP contribution in [0, 0.1) is 0 Å². The van der Waals surface area contributed by atoms with Gasteiger partial charge in [0, 0.05) is 12.5 Å². The summed E-state index contributed by atoms with van der Waals surface area (Å²) >= 11 is 0. The van der Waals surface area contributed by atoms with Crippen molar-refractivity contribution >= 4 is 21.4 Å². The van der Waals surface area contributed by atoms with Crippen LogP contribution >= 0.6 is 0 Å². The predicted octanol–water partition coefficient (Wildman–Crippen LogP) is 3.80. The first kappa shape index (κ1) is 17.4. The summed E-state index contributed by atoms with van der Waals surface area (Å²) in [6.07, 6.45) is 4.99. The third-order valence-electron chi connectivity index (χ3n) is 5.07. The number of fused-ring (bicyclic) bond motifs is 1. The van der Waals surface area contributed by atoms with Crippen molar-refractivity contribution in [2.45, 2.75) is 43.6 Å². The lowest BCUT2D eigenvalue weighted by molar-refractivity contribution is 0.250. The van der Waals surface area contributed by atoms with Gasteiger partial charge in [-0.05, 0) is 50.1 Å². The second kappa shape index (κ2) is 7.29. The molecule has 2 aliphatic rings. The Kier molecular flexibility index (Phi) is 4.87. The van der Waals surface area contributed by atoms with E-state index in [0.717, 1.165) is 13.0 Å². The number of benzene rings is 2. The molecule has 0 saturated heterocycles. The molecule has 1 aliphatic carbocycles. The van der Waals surface area contributed by atoms with E-state index in [0.29, 0.717) is 29.6 Å². The molecule has 1 fully saturated rings. The summed E-state index contributed by atoms with van der Waals surface area (Å²) in [5, 5.41) is 3.48. The third kappa shape index (κ3) is 3.31. The molecule has 1 N–H and O–H groups in total. The molecule has 26 heavy (non-hydrogen) atoms.